The second-order valence-corrected chi connectivity index (χ2v) is 3.81. The zero-order valence-electron chi connectivity index (χ0n) is 9.68. The number of halogens is 5. The summed E-state index contributed by atoms with van der Waals surface area (Å²) in [5.41, 5.74) is -1.06. The van der Waals surface area contributed by atoms with Crippen molar-refractivity contribution in [2.45, 2.75) is 0 Å². The maximum Gasteiger partial charge on any atom is 0.258 e. The molecule has 20 heavy (non-hydrogen) atoms. The lowest BCUT2D eigenvalue weighted by Crippen LogP contribution is -2.16. The van der Waals surface area contributed by atoms with Crippen LogP contribution in [0.4, 0.5) is 27.6 Å². The average molecular weight is 287 g/mol. The summed E-state index contributed by atoms with van der Waals surface area (Å²) in [5.74, 6) is -9.52. The van der Waals surface area contributed by atoms with Crippen molar-refractivity contribution >= 4 is 11.6 Å². The number of rotatable bonds is 2. The fourth-order valence-electron chi connectivity index (χ4n) is 1.50. The van der Waals surface area contributed by atoms with E-state index in [9.17, 15) is 26.7 Å². The molecule has 0 aromatic heterocycles. The highest BCUT2D eigenvalue weighted by atomic mass is 19.2. The van der Waals surface area contributed by atoms with E-state index in [0.717, 1.165) is 12.1 Å². The van der Waals surface area contributed by atoms with Gasteiger partial charge < -0.3 is 5.32 Å². The molecule has 0 radical (unpaired) electrons. The summed E-state index contributed by atoms with van der Waals surface area (Å²) >= 11 is 0. The van der Waals surface area contributed by atoms with Crippen LogP contribution in [-0.4, -0.2) is 5.91 Å². The number of nitrogens with one attached hydrogen (secondary N) is 1. The van der Waals surface area contributed by atoms with Gasteiger partial charge in [0.2, 0.25) is 0 Å². The summed E-state index contributed by atoms with van der Waals surface area (Å²) < 4.78 is 64.9. The lowest BCUT2D eigenvalue weighted by Gasteiger charge is -2.07. The highest BCUT2D eigenvalue weighted by molar-refractivity contribution is 6.04. The van der Waals surface area contributed by atoms with Gasteiger partial charge in [-0.2, -0.15) is 0 Å². The predicted octanol–water partition coefficient (Wildman–Crippen LogP) is 3.63. The van der Waals surface area contributed by atoms with Crippen LogP contribution in [0, 0.1) is 29.1 Å². The number of anilines is 1. The summed E-state index contributed by atoms with van der Waals surface area (Å²) in [4.78, 5) is 11.6. The minimum atomic E-state index is -2.09. The van der Waals surface area contributed by atoms with Gasteiger partial charge in [0.1, 0.15) is 5.82 Å². The van der Waals surface area contributed by atoms with Crippen LogP contribution in [0.2, 0.25) is 0 Å². The molecule has 0 heterocycles. The number of benzene rings is 2. The van der Waals surface area contributed by atoms with Gasteiger partial charge in [-0.05, 0) is 24.3 Å². The molecule has 2 rings (SSSR count). The quantitative estimate of drug-likeness (QED) is 0.510. The Labute approximate surface area is 109 Å². The zero-order chi connectivity index (χ0) is 14.9. The molecule has 0 aliphatic rings. The van der Waals surface area contributed by atoms with Crippen molar-refractivity contribution in [2.24, 2.45) is 0 Å². The van der Waals surface area contributed by atoms with E-state index in [1.54, 1.807) is 0 Å². The molecule has 2 aromatic carbocycles. The molecule has 2 aromatic rings. The van der Waals surface area contributed by atoms with Crippen molar-refractivity contribution in [3.05, 3.63) is 65.0 Å². The van der Waals surface area contributed by atoms with Gasteiger partial charge in [0.25, 0.3) is 5.91 Å². The standard InChI is InChI=1S/C13H6F5NO/c14-6-2-1-3-7(4-6)19-13(20)8-5-9(15)11(17)12(18)10(8)16/h1-5H,(H,19,20). The van der Waals surface area contributed by atoms with Crippen LogP contribution in [0.25, 0.3) is 0 Å². The molecule has 0 aliphatic carbocycles. The number of hydrogen-bond donors (Lipinski definition) is 1. The van der Waals surface area contributed by atoms with E-state index in [1.165, 1.54) is 12.1 Å². The van der Waals surface area contributed by atoms with Crippen LogP contribution in [0.5, 0.6) is 0 Å². The van der Waals surface area contributed by atoms with Crippen LogP contribution in [0.1, 0.15) is 10.4 Å². The molecule has 0 saturated carbocycles. The molecule has 0 saturated heterocycles. The Balaban J connectivity index is 2.35. The van der Waals surface area contributed by atoms with Crippen LogP contribution >= 0.6 is 0 Å². The first-order valence-corrected chi connectivity index (χ1v) is 5.30. The molecule has 0 unspecified atom stereocenters. The molecule has 2 nitrogen and oxygen atoms in total. The van der Waals surface area contributed by atoms with E-state index < -0.39 is 40.6 Å². The minimum Gasteiger partial charge on any atom is -0.322 e. The fourth-order valence-corrected chi connectivity index (χ4v) is 1.50. The van der Waals surface area contributed by atoms with E-state index >= 15 is 0 Å². The highest BCUT2D eigenvalue weighted by Crippen LogP contribution is 2.20. The van der Waals surface area contributed by atoms with Crippen molar-refractivity contribution in [1.29, 1.82) is 0 Å². The van der Waals surface area contributed by atoms with Gasteiger partial charge in [0, 0.05) is 5.69 Å². The van der Waals surface area contributed by atoms with E-state index in [4.69, 9.17) is 0 Å². The highest BCUT2D eigenvalue weighted by Gasteiger charge is 2.23. The average Bonchev–Trinajstić information content (AvgIpc) is 2.40. The smallest absolute Gasteiger partial charge is 0.258 e. The van der Waals surface area contributed by atoms with Gasteiger partial charge in [-0.3, -0.25) is 4.79 Å². The van der Waals surface area contributed by atoms with E-state index in [2.05, 4.69) is 0 Å². The van der Waals surface area contributed by atoms with Gasteiger partial charge in [-0.1, -0.05) is 6.07 Å². The van der Waals surface area contributed by atoms with Gasteiger partial charge in [0.15, 0.2) is 23.3 Å². The second kappa shape index (κ2) is 5.28. The Morgan fingerprint density at radius 3 is 2.25 bits per heavy atom. The Hall–Kier alpha value is -2.44. The maximum atomic E-state index is 13.4. The van der Waals surface area contributed by atoms with Crippen molar-refractivity contribution in [3.8, 4) is 0 Å². The maximum absolute atomic E-state index is 13.4. The molecule has 0 atom stereocenters. The summed E-state index contributed by atoms with van der Waals surface area (Å²) in [6.07, 6.45) is 0. The van der Waals surface area contributed by atoms with Gasteiger partial charge in [0.05, 0.1) is 5.56 Å². The van der Waals surface area contributed by atoms with Crippen LogP contribution in [-0.2, 0) is 0 Å². The topological polar surface area (TPSA) is 29.1 Å². The number of carbonyl (C=O) groups excluding carboxylic acids is 1. The number of amides is 1. The molecule has 7 heteroatoms. The van der Waals surface area contributed by atoms with E-state index in [-0.39, 0.29) is 11.8 Å². The molecule has 0 spiro atoms. The summed E-state index contributed by atoms with van der Waals surface area (Å²) in [6, 6.07) is 4.81. The molecule has 0 fully saturated rings. The Morgan fingerprint density at radius 1 is 0.900 bits per heavy atom. The van der Waals surface area contributed by atoms with Crippen molar-refractivity contribution in [2.75, 3.05) is 5.32 Å². The third-order valence-corrected chi connectivity index (χ3v) is 2.43. The minimum absolute atomic E-state index is 0.0421. The molecule has 0 aliphatic heterocycles. The summed E-state index contributed by atoms with van der Waals surface area (Å²) in [6.45, 7) is 0. The lowest BCUT2D eigenvalue weighted by atomic mass is 10.1. The molecular weight excluding hydrogens is 281 g/mol. The fraction of sp³-hybridized carbons (Fsp3) is 0. The Kier molecular flexibility index (Phi) is 3.69. The molecule has 1 amide bonds. The lowest BCUT2D eigenvalue weighted by molar-refractivity contribution is 0.102. The Bertz CT molecular complexity index is 687. The molecular formula is C13H6F5NO. The summed E-state index contributed by atoms with van der Waals surface area (Å²) in [7, 11) is 0. The molecule has 0 bridgehead atoms. The second-order valence-electron chi connectivity index (χ2n) is 3.81. The largest absolute Gasteiger partial charge is 0.322 e. The SMILES string of the molecule is O=C(Nc1cccc(F)c1)c1cc(F)c(F)c(F)c1F. The normalized spacial score (nSPS) is 10.4. The third-order valence-electron chi connectivity index (χ3n) is 2.43. The van der Waals surface area contributed by atoms with Crippen LogP contribution < -0.4 is 5.32 Å². The van der Waals surface area contributed by atoms with Crippen LogP contribution in [0.3, 0.4) is 0 Å². The molecule has 104 valence electrons. The van der Waals surface area contributed by atoms with E-state index in [1.807, 2.05) is 5.32 Å². The van der Waals surface area contributed by atoms with Crippen molar-refractivity contribution < 1.29 is 26.7 Å². The number of hydrogen-bond acceptors (Lipinski definition) is 1. The predicted molar refractivity (Wildman–Crippen MR) is 60.6 cm³/mol. The van der Waals surface area contributed by atoms with Gasteiger partial charge in [-0.15, -0.1) is 0 Å². The number of carbonyl (C=O) groups is 1. The summed E-state index contributed by atoms with van der Waals surface area (Å²) in [5, 5.41) is 2.04. The molecule has 1 N–H and O–H groups in total. The Morgan fingerprint density at radius 2 is 1.60 bits per heavy atom. The first-order valence-electron chi connectivity index (χ1n) is 5.30. The zero-order valence-corrected chi connectivity index (χ0v) is 9.68. The third kappa shape index (κ3) is 2.61. The van der Waals surface area contributed by atoms with Gasteiger partial charge in [-0.25, -0.2) is 22.0 Å². The van der Waals surface area contributed by atoms with Crippen molar-refractivity contribution in [3.63, 3.8) is 0 Å². The van der Waals surface area contributed by atoms with Crippen LogP contribution in [0.15, 0.2) is 30.3 Å². The van der Waals surface area contributed by atoms with Crippen molar-refractivity contribution in [1.82, 2.24) is 0 Å². The van der Waals surface area contributed by atoms with Gasteiger partial charge >= 0.3 is 0 Å². The monoisotopic (exact) mass is 287 g/mol. The first-order chi connectivity index (χ1) is 9.40. The first kappa shape index (κ1) is 14.0. The van der Waals surface area contributed by atoms with E-state index in [0.29, 0.717) is 0 Å².